The highest BCUT2D eigenvalue weighted by Gasteiger charge is 2.21. The second-order valence-corrected chi connectivity index (χ2v) is 4.59. The number of benzene rings is 1. The second-order valence-electron chi connectivity index (χ2n) is 4.59. The Bertz CT molecular complexity index is 715. The summed E-state index contributed by atoms with van der Waals surface area (Å²) in [6.45, 7) is 3.77. The fraction of sp³-hybridized carbons (Fsp3) is 0.125. The molecule has 0 aliphatic heterocycles. The standard InChI is InChI=1S/C16H16BN3O2/c1-3-8-12(4-2)16-18-14(13-9-6-5-7-10-13)11-15(19-16)17(21)20-22/h3-11,21H,1-2H3/b8-3-,12-4+. The van der Waals surface area contributed by atoms with Gasteiger partial charge in [-0.3, -0.25) is 0 Å². The maximum atomic E-state index is 10.6. The fourth-order valence-corrected chi connectivity index (χ4v) is 2.02. The third kappa shape index (κ3) is 3.53. The molecular formula is C16H16BN3O2. The van der Waals surface area contributed by atoms with E-state index in [2.05, 4.69) is 15.1 Å². The monoisotopic (exact) mass is 293 g/mol. The summed E-state index contributed by atoms with van der Waals surface area (Å²) in [4.78, 5) is 19.4. The fourth-order valence-electron chi connectivity index (χ4n) is 2.02. The number of aromatic nitrogens is 2. The Morgan fingerprint density at radius 3 is 2.55 bits per heavy atom. The number of rotatable bonds is 5. The number of nitrogens with zero attached hydrogens (tertiary/aromatic N) is 3. The van der Waals surface area contributed by atoms with Crippen molar-refractivity contribution >= 4 is 18.2 Å². The van der Waals surface area contributed by atoms with Crippen LogP contribution in [-0.2, 0) is 0 Å². The average Bonchev–Trinajstić information content (AvgIpc) is 2.59. The molecule has 0 aliphatic carbocycles. The van der Waals surface area contributed by atoms with Crippen LogP contribution in [0.5, 0.6) is 0 Å². The molecule has 0 unspecified atom stereocenters. The molecule has 1 N–H and O–H groups in total. The van der Waals surface area contributed by atoms with E-state index in [1.165, 1.54) is 0 Å². The van der Waals surface area contributed by atoms with Gasteiger partial charge in [-0.2, -0.15) is 4.91 Å². The number of hydrogen-bond acceptors (Lipinski definition) is 5. The van der Waals surface area contributed by atoms with Gasteiger partial charge in [-0.1, -0.05) is 53.6 Å². The SMILES string of the molecule is C/C=C\C(=C/C)c1nc(B(O)N=O)cc(-c2ccccc2)n1. The summed E-state index contributed by atoms with van der Waals surface area (Å²) in [5.74, 6) is 0.444. The minimum atomic E-state index is -1.51. The third-order valence-corrected chi connectivity index (χ3v) is 3.10. The molecule has 0 bridgehead atoms. The number of nitroso groups, excluding NO2 is 1. The maximum Gasteiger partial charge on any atom is 0.536 e. The van der Waals surface area contributed by atoms with Crippen LogP contribution < -0.4 is 5.59 Å². The normalized spacial score (nSPS) is 11.7. The molecule has 0 spiro atoms. The highest BCUT2D eigenvalue weighted by atomic mass is 16.3. The Kier molecular flexibility index (Phi) is 5.33. The van der Waals surface area contributed by atoms with E-state index in [0.29, 0.717) is 11.5 Å². The van der Waals surface area contributed by atoms with Gasteiger partial charge in [0.25, 0.3) is 0 Å². The molecule has 1 aromatic heterocycles. The van der Waals surface area contributed by atoms with E-state index in [1.807, 2.05) is 62.4 Å². The largest absolute Gasteiger partial charge is 0.536 e. The van der Waals surface area contributed by atoms with E-state index in [1.54, 1.807) is 6.07 Å². The first-order valence-electron chi connectivity index (χ1n) is 6.94. The summed E-state index contributed by atoms with van der Waals surface area (Å²) < 4.78 is 0. The predicted molar refractivity (Wildman–Crippen MR) is 89.3 cm³/mol. The van der Waals surface area contributed by atoms with Gasteiger partial charge in [0, 0.05) is 11.1 Å². The molecule has 110 valence electrons. The van der Waals surface area contributed by atoms with Gasteiger partial charge in [-0.15, -0.1) is 0 Å². The Morgan fingerprint density at radius 2 is 1.95 bits per heavy atom. The van der Waals surface area contributed by atoms with E-state index < -0.39 is 7.05 Å². The summed E-state index contributed by atoms with van der Waals surface area (Å²) >= 11 is 0. The van der Waals surface area contributed by atoms with Crippen LogP contribution in [0.2, 0.25) is 0 Å². The average molecular weight is 293 g/mol. The molecule has 0 radical (unpaired) electrons. The molecular weight excluding hydrogens is 277 g/mol. The summed E-state index contributed by atoms with van der Waals surface area (Å²) in [7, 11) is -1.51. The molecule has 6 heteroatoms. The van der Waals surface area contributed by atoms with Crippen LogP contribution in [0.1, 0.15) is 19.7 Å². The second kappa shape index (κ2) is 7.42. The molecule has 0 atom stereocenters. The van der Waals surface area contributed by atoms with Gasteiger partial charge in [0.15, 0.2) is 5.82 Å². The first-order valence-corrected chi connectivity index (χ1v) is 6.94. The summed E-state index contributed by atoms with van der Waals surface area (Å²) in [6, 6.07) is 11.1. The summed E-state index contributed by atoms with van der Waals surface area (Å²) in [6.07, 6.45) is 5.62. The third-order valence-electron chi connectivity index (χ3n) is 3.10. The van der Waals surface area contributed by atoms with Crippen LogP contribution in [0.3, 0.4) is 0 Å². The van der Waals surface area contributed by atoms with Crippen molar-refractivity contribution in [1.29, 1.82) is 0 Å². The smallest absolute Gasteiger partial charge is 0.424 e. The van der Waals surface area contributed by atoms with Gasteiger partial charge in [0.1, 0.15) is 0 Å². The zero-order chi connectivity index (χ0) is 15.9. The van der Waals surface area contributed by atoms with Gasteiger partial charge in [-0.05, 0) is 19.9 Å². The van der Waals surface area contributed by atoms with E-state index >= 15 is 0 Å². The molecule has 0 aliphatic rings. The van der Waals surface area contributed by atoms with Crippen LogP contribution in [0.25, 0.3) is 16.8 Å². The summed E-state index contributed by atoms with van der Waals surface area (Å²) in [5.41, 5.74) is 2.50. The van der Waals surface area contributed by atoms with E-state index in [0.717, 1.165) is 11.1 Å². The van der Waals surface area contributed by atoms with Gasteiger partial charge in [0.2, 0.25) is 0 Å². The van der Waals surface area contributed by atoms with Gasteiger partial charge < -0.3 is 5.02 Å². The molecule has 0 saturated carbocycles. The molecule has 5 nitrogen and oxygen atoms in total. The molecule has 0 saturated heterocycles. The highest BCUT2D eigenvalue weighted by molar-refractivity contribution is 6.63. The first-order chi connectivity index (χ1) is 10.7. The van der Waals surface area contributed by atoms with E-state index in [4.69, 9.17) is 0 Å². The molecule has 0 amide bonds. The minimum absolute atomic E-state index is 0.183. The number of hydrogen-bond donors (Lipinski definition) is 1. The topological polar surface area (TPSA) is 75.4 Å². The van der Waals surface area contributed by atoms with Crippen LogP contribution in [0, 0.1) is 4.91 Å². The quantitative estimate of drug-likeness (QED) is 0.522. The molecule has 2 aromatic rings. The lowest BCUT2D eigenvalue weighted by Gasteiger charge is -2.08. The highest BCUT2D eigenvalue weighted by Crippen LogP contribution is 2.18. The van der Waals surface area contributed by atoms with Crippen molar-refractivity contribution in [2.24, 2.45) is 5.09 Å². The van der Waals surface area contributed by atoms with E-state index in [-0.39, 0.29) is 5.59 Å². The summed E-state index contributed by atoms with van der Waals surface area (Å²) in [5, 5.41) is 12.3. The molecule has 0 fully saturated rings. The van der Waals surface area contributed by atoms with Gasteiger partial charge >= 0.3 is 7.05 Å². The van der Waals surface area contributed by atoms with Gasteiger partial charge in [0.05, 0.1) is 11.3 Å². The van der Waals surface area contributed by atoms with E-state index in [9.17, 15) is 9.93 Å². The zero-order valence-corrected chi connectivity index (χ0v) is 12.5. The van der Waals surface area contributed by atoms with Crippen molar-refractivity contribution in [3.05, 3.63) is 65.4 Å². The van der Waals surface area contributed by atoms with Crippen molar-refractivity contribution < 1.29 is 5.02 Å². The Morgan fingerprint density at radius 1 is 1.23 bits per heavy atom. The van der Waals surface area contributed by atoms with Crippen molar-refractivity contribution in [2.45, 2.75) is 13.8 Å². The predicted octanol–water partition coefficient (Wildman–Crippen LogP) is 2.58. The zero-order valence-electron chi connectivity index (χ0n) is 12.5. The van der Waals surface area contributed by atoms with Crippen LogP contribution in [0.4, 0.5) is 0 Å². The molecule has 2 rings (SSSR count). The number of allylic oxidation sites excluding steroid dienone is 4. The van der Waals surface area contributed by atoms with Crippen LogP contribution in [-0.4, -0.2) is 22.0 Å². The van der Waals surface area contributed by atoms with Crippen LogP contribution in [0.15, 0.2) is 59.7 Å². The van der Waals surface area contributed by atoms with Gasteiger partial charge in [-0.25, -0.2) is 9.97 Å². The maximum absolute atomic E-state index is 10.6. The lowest BCUT2D eigenvalue weighted by molar-refractivity contribution is 0.585. The van der Waals surface area contributed by atoms with Crippen LogP contribution >= 0.6 is 0 Å². The minimum Gasteiger partial charge on any atom is -0.424 e. The van der Waals surface area contributed by atoms with Crippen molar-refractivity contribution in [1.82, 2.24) is 9.97 Å². The Hall–Kier alpha value is -2.60. The first kappa shape index (κ1) is 15.8. The van der Waals surface area contributed by atoms with Crippen molar-refractivity contribution in [2.75, 3.05) is 0 Å². The molecule has 1 aromatic carbocycles. The van der Waals surface area contributed by atoms with Crippen molar-refractivity contribution in [3.8, 4) is 11.3 Å². The lowest BCUT2D eigenvalue weighted by Crippen LogP contribution is -2.32. The lowest BCUT2D eigenvalue weighted by atomic mass is 9.80. The Balaban J connectivity index is 2.62. The molecule has 1 heterocycles. The van der Waals surface area contributed by atoms with Crippen molar-refractivity contribution in [3.63, 3.8) is 0 Å². The Labute approximate surface area is 129 Å². The molecule has 22 heavy (non-hydrogen) atoms.